The van der Waals surface area contributed by atoms with Gasteiger partial charge in [0.2, 0.25) is 5.76 Å². The summed E-state index contributed by atoms with van der Waals surface area (Å²) in [6, 6.07) is 10.8. The zero-order valence-corrected chi connectivity index (χ0v) is 19.1. The molecular formula is C26H29NO5. The van der Waals surface area contributed by atoms with Crippen LogP contribution in [0.3, 0.4) is 0 Å². The second-order valence-electron chi connectivity index (χ2n) is 8.27. The van der Waals surface area contributed by atoms with Gasteiger partial charge in [-0.3, -0.25) is 9.59 Å². The summed E-state index contributed by atoms with van der Waals surface area (Å²) in [7, 11) is 1.63. The van der Waals surface area contributed by atoms with E-state index in [1.807, 2.05) is 57.2 Å². The molecule has 32 heavy (non-hydrogen) atoms. The highest BCUT2D eigenvalue weighted by atomic mass is 16.5. The number of nitrogens with zero attached hydrogens (tertiary/aromatic N) is 1. The molecule has 2 heterocycles. The third kappa shape index (κ3) is 3.91. The average molecular weight is 436 g/mol. The molecule has 0 N–H and O–H groups in total. The highest BCUT2D eigenvalue weighted by Gasteiger charge is 2.42. The van der Waals surface area contributed by atoms with Gasteiger partial charge in [-0.05, 0) is 67.6 Å². The minimum atomic E-state index is -0.526. The number of carbonyl (C=O) groups is 1. The highest BCUT2D eigenvalue weighted by Crippen LogP contribution is 2.39. The summed E-state index contributed by atoms with van der Waals surface area (Å²) in [4.78, 5) is 28.8. The Balaban J connectivity index is 1.88. The van der Waals surface area contributed by atoms with Gasteiger partial charge in [-0.1, -0.05) is 19.1 Å². The van der Waals surface area contributed by atoms with Crippen molar-refractivity contribution in [3.05, 3.63) is 74.6 Å². The Bertz CT molecular complexity index is 1210. The molecule has 1 aliphatic heterocycles. The fraction of sp³-hybridized carbons (Fsp3) is 0.385. The molecule has 1 unspecified atom stereocenters. The molecule has 0 fully saturated rings. The first-order chi connectivity index (χ1) is 15.5. The third-order valence-corrected chi connectivity index (χ3v) is 5.98. The first-order valence-corrected chi connectivity index (χ1v) is 11.1. The van der Waals surface area contributed by atoms with E-state index < -0.39 is 6.04 Å². The number of benzene rings is 2. The molecule has 1 aliphatic rings. The molecule has 168 valence electrons. The molecule has 3 aromatic rings. The van der Waals surface area contributed by atoms with E-state index in [9.17, 15) is 9.59 Å². The quantitative estimate of drug-likeness (QED) is 0.476. The molecule has 0 aliphatic carbocycles. The van der Waals surface area contributed by atoms with Crippen LogP contribution in [0, 0.1) is 13.8 Å². The van der Waals surface area contributed by atoms with Gasteiger partial charge in [0.15, 0.2) is 5.43 Å². The number of methoxy groups -OCH3 is 1. The van der Waals surface area contributed by atoms with Crippen molar-refractivity contribution in [1.82, 2.24) is 4.90 Å². The van der Waals surface area contributed by atoms with Crippen molar-refractivity contribution in [2.24, 2.45) is 0 Å². The molecule has 6 heteroatoms. The Morgan fingerprint density at radius 3 is 2.59 bits per heavy atom. The van der Waals surface area contributed by atoms with Crippen molar-refractivity contribution in [1.29, 1.82) is 0 Å². The van der Waals surface area contributed by atoms with E-state index in [1.165, 1.54) is 0 Å². The summed E-state index contributed by atoms with van der Waals surface area (Å²) in [5, 5.41) is 0.502. The van der Waals surface area contributed by atoms with E-state index in [1.54, 1.807) is 12.0 Å². The van der Waals surface area contributed by atoms with Gasteiger partial charge in [-0.25, -0.2) is 0 Å². The second-order valence-corrected chi connectivity index (χ2v) is 8.27. The minimum Gasteiger partial charge on any atom is -0.494 e. The normalized spacial score (nSPS) is 15.4. The molecule has 0 radical (unpaired) electrons. The summed E-state index contributed by atoms with van der Waals surface area (Å²) in [6.07, 6.45) is 1.55. The summed E-state index contributed by atoms with van der Waals surface area (Å²) in [6.45, 7) is 7.56. The zero-order chi connectivity index (χ0) is 22.8. The van der Waals surface area contributed by atoms with E-state index in [2.05, 4.69) is 0 Å². The molecule has 0 spiro atoms. The lowest BCUT2D eigenvalue weighted by atomic mass is 9.97. The Morgan fingerprint density at radius 1 is 1.06 bits per heavy atom. The summed E-state index contributed by atoms with van der Waals surface area (Å²) < 4.78 is 17.1. The third-order valence-electron chi connectivity index (χ3n) is 5.98. The zero-order valence-electron chi connectivity index (χ0n) is 19.1. The van der Waals surface area contributed by atoms with Crippen molar-refractivity contribution < 1.29 is 18.7 Å². The fourth-order valence-electron chi connectivity index (χ4n) is 4.23. The smallest absolute Gasteiger partial charge is 0.290 e. The van der Waals surface area contributed by atoms with E-state index in [0.717, 1.165) is 28.9 Å². The predicted molar refractivity (Wildman–Crippen MR) is 124 cm³/mol. The lowest BCUT2D eigenvalue weighted by Crippen LogP contribution is -2.31. The van der Waals surface area contributed by atoms with Gasteiger partial charge in [0.05, 0.1) is 23.6 Å². The lowest BCUT2D eigenvalue weighted by molar-refractivity contribution is 0.0707. The van der Waals surface area contributed by atoms with Crippen LogP contribution < -0.4 is 10.2 Å². The predicted octanol–water partition coefficient (Wildman–Crippen LogP) is 4.78. The van der Waals surface area contributed by atoms with E-state index in [4.69, 9.17) is 13.9 Å². The highest BCUT2D eigenvalue weighted by molar-refractivity contribution is 5.99. The summed E-state index contributed by atoms with van der Waals surface area (Å²) in [5.41, 5.74) is 3.55. The van der Waals surface area contributed by atoms with Crippen LogP contribution in [0.25, 0.3) is 11.0 Å². The minimum absolute atomic E-state index is 0.132. The van der Waals surface area contributed by atoms with Crippen LogP contribution in [-0.4, -0.2) is 37.7 Å². The van der Waals surface area contributed by atoms with Crippen molar-refractivity contribution in [3.63, 3.8) is 0 Å². The van der Waals surface area contributed by atoms with Crippen LogP contribution in [0.5, 0.6) is 5.75 Å². The first kappa shape index (κ1) is 22.1. The van der Waals surface area contributed by atoms with Crippen molar-refractivity contribution in [3.8, 4) is 5.75 Å². The number of ether oxygens (including phenoxy) is 2. The molecular weight excluding hydrogens is 406 g/mol. The average Bonchev–Trinajstić information content (AvgIpc) is 3.06. The van der Waals surface area contributed by atoms with Crippen LogP contribution >= 0.6 is 0 Å². The number of amides is 1. The standard InChI is InChI=1S/C26H29NO5/c1-5-11-31-19-9-6-8-18(15-19)23-22-24(28)20-13-16(2)17(3)14-21(20)32-25(22)26(29)27(23)10-7-12-30-4/h6,8-9,13-15,23H,5,7,10-12H2,1-4H3. The van der Waals surface area contributed by atoms with Crippen molar-refractivity contribution >= 4 is 16.9 Å². The lowest BCUT2D eigenvalue weighted by Gasteiger charge is -2.25. The van der Waals surface area contributed by atoms with E-state index >= 15 is 0 Å². The van der Waals surface area contributed by atoms with Gasteiger partial charge in [0.25, 0.3) is 5.91 Å². The van der Waals surface area contributed by atoms with Crippen LogP contribution in [0.15, 0.2) is 45.6 Å². The topological polar surface area (TPSA) is 69.0 Å². The molecule has 0 saturated carbocycles. The SMILES string of the molecule is CCCOc1cccc(C2c3c(oc4cc(C)c(C)cc4c3=O)C(=O)N2CCCOC)c1. The van der Waals surface area contributed by atoms with Gasteiger partial charge < -0.3 is 18.8 Å². The maximum absolute atomic E-state index is 13.7. The number of hydrogen-bond acceptors (Lipinski definition) is 5. The molecule has 6 nitrogen and oxygen atoms in total. The van der Waals surface area contributed by atoms with Crippen LogP contribution in [0.4, 0.5) is 0 Å². The van der Waals surface area contributed by atoms with Crippen molar-refractivity contribution in [2.45, 2.75) is 39.7 Å². The molecule has 0 bridgehead atoms. The van der Waals surface area contributed by atoms with Gasteiger partial charge in [-0.15, -0.1) is 0 Å². The molecule has 1 atom stereocenters. The fourth-order valence-corrected chi connectivity index (χ4v) is 4.23. The van der Waals surface area contributed by atoms with Gasteiger partial charge in [0, 0.05) is 20.3 Å². The number of fused-ring (bicyclic) bond motifs is 2. The number of hydrogen-bond donors (Lipinski definition) is 0. The maximum atomic E-state index is 13.7. The van der Waals surface area contributed by atoms with Gasteiger partial charge in [-0.2, -0.15) is 0 Å². The van der Waals surface area contributed by atoms with E-state index in [-0.39, 0.29) is 17.1 Å². The number of carbonyl (C=O) groups excluding carboxylic acids is 1. The van der Waals surface area contributed by atoms with Crippen LogP contribution in [-0.2, 0) is 4.74 Å². The molecule has 4 rings (SSSR count). The number of aryl methyl sites for hydroxylation is 2. The Morgan fingerprint density at radius 2 is 1.84 bits per heavy atom. The maximum Gasteiger partial charge on any atom is 0.290 e. The first-order valence-electron chi connectivity index (χ1n) is 11.1. The molecule has 2 aromatic carbocycles. The van der Waals surface area contributed by atoms with Crippen molar-refractivity contribution in [2.75, 3.05) is 26.9 Å². The largest absolute Gasteiger partial charge is 0.494 e. The van der Waals surface area contributed by atoms with Gasteiger partial charge in [0.1, 0.15) is 11.3 Å². The Labute approximate surface area is 187 Å². The monoisotopic (exact) mass is 435 g/mol. The summed E-state index contributed by atoms with van der Waals surface area (Å²) >= 11 is 0. The van der Waals surface area contributed by atoms with Crippen LogP contribution in [0.1, 0.15) is 58.6 Å². The van der Waals surface area contributed by atoms with Crippen LogP contribution in [0.2, 0.25) is 0 Å². The number of rotatable bonds is 8. The Hall–Kier alpha value is -3.12. The molecule has 1 aromatic heterocycles. The molecule has 0 saturated heterocycles. The van der Waals surface area contributed by atoms with E-state index in [0.29, 0.717) is 42.7 Å². The van der Waals surface area contributed by atoms with Gasteiger partial charge >= 0.3 is 0 Å². The Kier molecular flexibility index (Phi) is 6.33. The second kappa shape index (κ2) is 9.17. The molecule has 1 amide bonds. The summed E-state index contributed by atoms with van der Waals surface area (Å²) in [5.74, 6) is 0.588.